The van der Waals surface area contributed by atoms with Crippen molar-refractivity contribution in [3.05, 3.63) is 76.7 Å². The molecule has 2 heterocycles. The summed E-state index contributed by atoms with van der Waals surface area (Å²) >= 11 is 0. The standard InChI is InChI=1S/C25H30FN5O4/c1-2-35-25(34)29-16-14-28(15-17-29)21-9-11-22(12-10-21)30-18-27-31(24(30)33)13-3-4-23(32)19-5-7-20(26)8-6-19/h5-12,18,23,32H,2-4,13-17H2,1H3. The Bertz CT molecular complexity index is 1170. The van der Waals surface area contributed by atoms with Crippen molar-refractivity contribution < 1.29 is 19.0 Å². The Balaban J connectivity index is 1.31. The van der Waals surface area contributed by atoms with E-state index in [1.807, 2.05) is 24.3 Å². The summed E-state index contributed by atoms with van der Waals surface area (Å²) in [6, 6.07) is 13.4. The number of hydrogen-bond acceptors (Lipinski definition) is 6. The monoisotopic (exact) mass is 483 g/mol. The molecule has 3 aromatic rings. The molecule has 186 valence electrons. The van der Waals surface area contributed by atoms with Gasteiger partial charge in [0.15, 0.2) is 0 Å². The highest BCUT2D eigenvalue weighted by Crippen LogP contribution is 2.20. The molecule has 4 rings (SSSR count). The van der Waals surface area contributed by atoms with E-state index in [0.717, 1.165) is 5.69 Å². The molecule has 1 aliphatic rings. The number of aliphatic hydroxyl groups is 1. The number of aromatic nitrogens is 3. The summed E-state index contributed by atoms with van der Waals surface area (Å²) in [4.78, 5) is 28.6. The highest BCUT2D eigenvalue weighted by Gasteiger charge is 2.22. The Hall–Kier alpha value is -3.66. The number of aryl methyl sites for hydroxylation is 1. The lowest BCUT2D eigenvalue weighted by Gasteiger charge is -2.35. The third-order valence-corrected chi connectivity index (χ3v) is 6.13. The average molecular weight is 484 g/mol. The van der Waals surface area contributed by atoms with Crippen LogP contribution >= 0.6 is 0 Å². The van der Waals surface area contributed by atoms with Gasteiger partial charge in [-0.05, 0) is 61.7 Å². The smallest absolute Gasteiger partial charge is 0.409 e. The first-order valence-electron chi connectivity index (χ1n) is 11.8. The summed E-state index contributed by atoms with van der Waals surface area (Å²) in [5.41, 5.74) is 2.12. The van der Waals surface area contributed by atoms with Crippen LogP contribution in [0.1, 0.15) is 31.4 Å². The highest BCUT2D eigenvalue weighted by molar-refractivity contribution is 5.68. The second kappa shape index (κ2) is 11.2. The Morgan fingerprint density at radius 3 is 2.37 bits per heavy atom. The highest BCUT2D eigenvalue weighted by atomic mass is 19.1. The number of carbonyl (C=O) groups is 1. The van der Waals surface area contributed by atoms with Crippen LogP contribution in [-0.4, -0.2) is 63.2 Å². The predicted molar refractivity (Wildman–Crippen MR) is 129 cm³/mol. The summed E-state index contributed by atoms with van der Waals surface area (Å²) in [7, 11) is 0. The topological polar surface area (TPSA) is 92.8 Å². The van der Waals surface area contributed by atoms with Crippen molar-refractivity contribution in [3.8, 4) is 5.69 Å². The van der Waals surface area contributed by atoms with Crippen molar-refractivity contribution in [2.75, 3.05) is 37.7 Å². The van der Waals surface area contributed by atoms with Gasteiger partial charge in [0.05, 0.1) is 18.4 Å². The number of nitrogens with zero attached hydrogens (tertiary/aromatic N) is 5. The molecule has 2 aromatic carbocycles. The van der Waals surface area contributed by atoms with Crippen LogP contribution in [0.3, 0.4) is 0 Å². The van der Waals surface area contributed by atoms with E-state index in [4.69, 9.17) is 4.74 Å². The van der Waals surface area contributed by atoms with E-state index in [9.17, 15) is 19.1 Å². The number of benzene rings is 2. The van der Waals surface area contributed by atoms with Crippen LogP contribution < -0.4 is 10.6 Å². The fourth-order valence-corrected chi connectivity index (χ4v) is 4.14. The molecule has 1 aliphatic heterocycles. The zero-order chi connectivity index (χ0) is 24.8. The molecule has 1 amide bonds. The van der Waals surface area contributed by atoms with Gasteiger partial charge in [-0.25, -0.2) is 23.2 Å². The predicted octanol–water partition coefficient (Wildman–Crippen LogP) is 2.97. The number of halogens is 1. The van der Waals surface area contributed by atoms with Crippen molar-refractivity contribution in [1.29, 1.82) is 0 Å². The van der Waals surface area contributed by atoms with Crippen LogP contribution in [0.15, 0.2) is 59.7 Å². The Morgan fingerprint density at radius 1 is 1.06 bits per heavy atom. The molecule has 1 saturated heterocycles. The summed E-state index contributed by atoms with van der Waals surface area (Å²) in [5, 5.41) is 14.5. The Labute approximate surface area is 203 Å². The second-order valence-corrected chi connectivity index (χ2v) is 8.41. The van der Waals surface area contributed by atoms with Gasteiger partial charge in [-0.2, -0.15) is 5.10 Å². The Morgan fingerprint density at radius 2 is 1.71 bits per heavy atom. The number of rotatable bonds is 8. The molecule has 1 atom stereocenters. The van der Waals surface area contributed by atoms with Gasteiger partial charge < -0.3 is 19.6 Å². The van der Waals surface area contributed by atoms with E-state index in [-0.39, 0.29) is 17.6 Å². The van der Waals surface area contributed by atoms with Gasteiger partial charge in [-0.1, -0.05) is 12.1 Å². The lowest BCUT2D eigenvalue weighted by atomic mass is 10.1. The maximum absolute atomic E-state index is 13.0. The minimum Gasteiger partial charge on any atom is -0.450 e. The molecule has 1 unspecified atom stereocenters. The molecule has 0 saturated carbocycles. The van der Waals surface area contributed by atoms with Crippen LogP contribution in [0.2, 0.25) is 0 Å². The van der Waals surface area contributed by atoms with Crippen molar-refractivity contribution in [2.24, 2.45) is 0 Å². The third-order valence-electron chi connectivity index (χ3n) is 6.13. The first-order valence-corrected chi connectivity index (χ1v) is 11.8. The molecule has 10 heteroatoms. The summed E-state index contributed by atoms with van der Waals surface area (Å²) < 4.78 is 21.0. The van der Waals surface area contributed by atoms with Crippen LogP contribution in [0, 0.1) is 5.82 Å². The van der Waals surface area contributed by atoms with Crippen molar-refractivity contribution >= 4 is 11.8 Å². The molecule has 9 nitrogen and oxygen atoms in total. The van der Waals surface area contributed by atoms with Crippen molar-refractivity contribution in [2.45, 2.75) is 32.4 Å². The van der Waals surface area contributed by atoms with Gasteiger partial charge in [0.2, 0.25) is 0 Å². The van der Waals surface area contributed by atoms with Crippen LogP contribution in [-0.2, 0) is 11.3 Å². The van der Waals surface area contributed by atoms with E-state index >= 15 is 0 Å². The van der Waals surface area contributed by atoms with E-state index in [2.05, 4.69) is 10.00 Å². The molecular formula is C25H30FN5O4. The number of carbonyl (C=O) groups excluding carboxylic acids is 1. The second-order valence-electron chi connectivity index (χ2n) is 8.41. The summed E-state index contributed by atoms with van der Waals surface area (Å²) in [5.74, 6) is -0.345. The number of piperazine rings is 1. The molecule has 1 aromatic heterocycles. The third kappa shape index (κ3) is 5.89. The van der Waals surface area contributed by atoms with Gasteiger partial charge in [-0.15, -0.1) is 0 Å². The lowest BCUT2D eigenvalue weighted by Crippen LogP contribution is -2.49. The van der Waals surface area contributed by atoms with Crippen molar-refractivity contribution in [3.63, 3.8) is 0 Å². The van der Waals surface area contributed by atoms with Gasteiger partial charge >= 0.3 is 11.8 Å². The van der Waals surface area contributed by atoms with Gasteiger partial charge in [0, 0.05) is 38.4 Å². The van der Waals surface area contributed by atoms with Gasteiger partial charge in [0.25, 0.3) is 0 Å². The van der Waals surface area contributed by atoms with E-state index in [1.165, 1.54) is 27.7 Å². The number of anilines is 1. The number of aliphatic hydroxyl groups excluding tert-OH is 1. The zero-order valence-electron chi connectivity index (χ0n) is 19.7. The van der Waals surface area contributed by atoms with Crippen LogP contribution in [0.4, 0.5) is 14.9 Å². The molecule has 0 aliphatic carbocycles. The lowest BCUT2D eigenvalue weighted by molar-refractivity contribution is 0.105. The van der Waals surface area contributed by atoms with Crippen molar-refractivity contribution in [1.82, 2.24) is 19.2 Å². The number of amides is 1. The first-order chi connectivity index (χ1) is 17.0. The fraction of sp³-hybridized carbons (Fsp3) is 0.400. The minimum atomic E-state index is -0.722. The number of ether oxygens (including phenoxy) is 1. The Kier molecular flexibility index (Phi) is 7.81. The molecule has 1 fully saturated rings. The molecule has 35 heavy (non-hydrogen) atoms. The zero-order valence-corrected chi connectivity index (χ0v) is 19.7. The van der Waals surface area contributed by atoms with E-state index in [1.54, 1.807) is 24.0 Å². The minimum absolute atomic E-state index is 0.253. The normalized spacial score (nSPS) is 14.7. The maximum Gasteiger partial charge on any atom is 0.409 e. The van der Waals surface area contributed by atoms with Crippen LogP contribution in [0.5, 0.6) is 0 Å². The summed E-state index contributed by atoms with van der Waals surface area (Å²) in [6.45, 7) is 5.15. The van der Waals surface area contributed by atoms with Crippen LogP contribution in [0.25, 0.3) is 5.69 Å². The van der Waals surface area contributed by atoms with E-state index < -0.39 is 6.10 Å². The molecule has 1 N–H and O–H groups in total. The maximum atomic E-state index is 13.0. The first kappa shape index (κ1) is 24.5. The van der Waals surface area contributed by atoms with Gasteiger partial charge in [0.1, 0.15) is 12.1 Å². The summed E-state index contributed by atoms with van der Waals surface area (Å²) in [6.07, 6.45) is 1.48. The van der Waals surface area contributed by atoms with E-state index in [0.29, 0.717) is 63.4 Å². The average Bonchev–Trinajstić information content (AvgIpc) is 3.25. The molecular weight excluding hydrogens is 453 g/mol. The fourth-order valence-electron chi connectivity index (χ4n) is 4.14. The molecule has 0 radical (unpaired) electrons. The molecule has 0 spiro atoms. The largest absolute Gasteiger partial charge is 0.450 e. The van der Waals surface area contributed by atoms with Gasteiger partial charge in [-0.3, -0.25) is 0 Å². The molecule has 0 bridgehead atoms. The quantitative estimate of drug-likeness (QED) is 0.530. The number of hydrogen-bond donors (Lipinski definition) is 1. The SMILES string of the molecule is CCOC(=O)N1CCN(c2ccc(-n3cnn(CCCC(O)c4ccc(F)cc4)c3=O)cc2)CC1.